The molecule has 0 radical (unpaired) electrons. The number of carbonyl (C=O) groups is 1. The number of benzene rings is 4. The molecule has 2 atom stereocenters. The smallest absolute Gasteiger partial charge is 0.344 e. The second-order valence-electron chi connectivity index (χ2n) is 8.37. The summed E-state index contributed by atoms with van der Waals surface area (Å²) in [6.45, 7) is 4.55. The van der Waals surface area contributed by atoms with Crippen molar-refractivity contribution in [2.75, 3.05) is 6.54 Å². The maximum absolute atomic E-state index is 12.5. The highest BCUT2D eigenvalue weighted by atomic mass is 35.5. The zero-order valence-corrected chi connectivity index (χ0v) is 19.5. The highest BCUT2D eigenvalue weighted by molar-refractivity contribution is 6.30. The SMILES string of the molecule is C=CCN1[C@@H](c2ccc(Cl)cc2)c2cc3c4c(cccc4c2O[C@@H]1c1ccc(Cl)cc1)C(=O)O3. The van der Waals surface area contributed by atoms with E-state index in [1.807, 2.05) is 72.8 Å². The predicted octanol–water partition coefficient (Wildman–Crippen LogP) is 7.35. The van der Waals surface area contributed by atoms with Crippen molar-refractivity contribution in [2.45, 2.75) is 12.3 Å². The fourth-order valence-electron chi connectivity index (χ4n) is 4.93. The molecule has 2 aliphatic heterocycles. The summed E-state index contributed by atoms with van der Waals surface area (Å²) in [5.41, 5.74) is 3.48. The first-order valence-corrected chi connectivity index (χ1v) is 11.7. The molecule has 0 bridgehead atoms. The Morgan fingerprint density at radius 1 is 0.941 bits per heavy atom. The van der Waals surface area contributed by atoms with Gasteiger partial charge in [0.05, 0.1) is 11.6 Å². The Hall–Kier alpha value is -3.31. The van der Waals surface area contributed by atoms with Gasteiger partial charge in [-0.3, -0.25) is 0 Å². The molecule has 0 saturated heterocycles. The molecular weight excluding hydrogens is 469 g/mol. The predicted molar refractivity (Wildman–Crippen MR) is 134 cm³/mol. The maximum Gasteiger partial charge on any atom is 0.344 e. The largest absolute Gasteiger partial charge is 0.470 e. The van der Waals surface area contributed by atoms with Gasteiger partial charge in [0, 0.05) is 38.5 Å². The van der Waals surface area contributed by atoms with Gasteiger partial charge in [-0.05, 0) is 42.0 Å². The molecule has 0 amide bonds. The summed E-state index contributed by atoms with van der Waals surface area (Å²) in [6, 6.07) is 22.8. The molecule has 168 valence electrons. The van der Waals surface area contributed by atoms with Gasteiger partial charge in [0.25, 0.3) is 0 Å². The zero-order chi connectivity index (χ0) is 23.4. The van der Waals surface area contributed by atoms with E-state index in [0.717, 1.165) is 33.2 Å². The van der Waals surface area contributed by atoms with E-state index in [9.17, 15) is 4.79 Å². The number of halogens is 2. The number of nitrogens with zero attached hydrogens (tertiary/aromatic N) is 1. The van der Waals surface area contributed by atoms with Crippen LogP contribution in [0, 0.1) is 0 Å². The minimum Gasteiger partial charge on any atom is -0.470 e. The lowest BCUT2D eigenvalue weighted by molar-refractivity contribution is -0.00964. The average Bonchev–Trinajstić information content (AvgIpc) is 3.17. The molecule has 2 heterocycles. The van der Waals surface area contributed by atoms with E-state index in [0.29, 0.717) is 27.9 Å². The Labute approximate surface area is 206 Å². The zero-order valence-electron chi connectivity index (χ0n) is 18.0. The summed E-state index contributed by atoms with van der Waals surface area (Å²) in [7, 11) is 0. The Balaban J connectivity index is 1.64. The van der Waals surface area contributed by atoms with Crippen LogP contribution in [-0.2, 0) is 0 Å². The monoisotopic (exact) mass is 487 g/mol. The van der Waals surface area contributed by atoms with E-state index < -0.39 is 6.23 Å². The van der Waals surface area contributed by atoms with Crippen molar-refractivity contribution < 1.29 is 14.3 Å². The van der Waals surface area contributed by atoms with E-state index >= 15 is 0 Å². The highest BCUT2D eigenvalue weighted by Gasteiger charge is 2.40. The second-order valence-corrected chi connectivity index (χ2v) is 9.24. The summed E-state index contributed by atoms with van der Waals surface area (Å²) in [5, 5.41) is 2.96. The number of carbonyl (C=O) groups excluding carboxylic acids is 1. The fraction of sp³-hybridized carbons (Fsp3) is 0.107. The Morgan fingerprint density at radius 2 is 1.62 bits per heavy atom. The van der Waals surface area contributed by atoms with E-state index in [-0.39, 0.29) is 12.0 Å². The average molecular weight is 488 g/mol. The summed E-state index contributed by atoms with van der Waals surface area (Å²) in [5.74, 6) is 0.947. The topological polar surface area (TPSA) is 38.8 Å². The molecule has 0 spiro atoms. The van der Waals surface area contributed by atoms with Crippen LogP contribution in [0.15, 0.2) is 85.5 Å². The van der Waals surface area contributed by atoms with Crippen molar-refractivity contribution in [3.05, 3.63) is 118 Å². The molecule has 0 N–H and O–H groups in total. The number of rotatable bonds is 4. The van der Waals surface area contributed by atoms with E-state index in [1.165, 1.54) is 0 Å². The third-order valence-corrected chi connectivity index (χ3v) is 6.87. The molecule has 4 aromatic carbocycles. The van der Waals surface area contributed by atoms with Gasteiger partial charge in [-0.1, -0.05) is 65.7 Å². The molecule has 0 fully saturated rings. The summed E-state index contributed by atoms with van der Waals surface area (Å²) in [4.78, 5) is 14.7. The van der Waals surface area contributed by atoms with Gasteiger partial charge in [0.15, 0.2) is 6.23 Å². The molecule has 4 aromatic rings. The van der Waals surface area contributed by atoms with Crippen LogP contribution in [0.1, 0.15) is 39.3 Å². The number of ether oxygens (including phenoxy) is 2. The summed E-state index contributed by atoms with van der Waals surface area (Å²) < 4.78 is 12.4. The third-order valence-electron chi connectivity index (χ3n) is 6.36. The number of hydrogen-bond acceptors (Lipinski definition) is 4. The minimum absolute atomic E-state index is 0.191. The van der Waals surface area contributed by atoms with Gasteiger partial charge in [-0.25, -0.2) is 9.69 Å². The molecule has 0 aromatic heterocycles. The van der Waals surface area contributed by atoms with Crippen molar-refractivity contribution >= 4 is 39.9 Å². The molecule has 34 heavy (non-hydrogen) atoms. The maximum atomic E-state index is 12.5. The third kappa shape index (κ3) is 3.30. The molecule has 0 unspecified atom stereocenters. The Morgan fingerprint density at radius 3 is 2.29 bits per heavy atom. The Kier molecular flexibility index (Phi) is 5.10. The molecular formula is C28H19Cl2NO3. The van der Waals surface area contributed by atoms with Crippen LogP contribution < -0.4 is 9.47 Å². The van der Waals surface area contributed by atoms with Crippen molar-refractivity contribution in [3.63, 3.8) is 0 Å². The molecule has 6 heteroatoms. The van der Waals surface area contributed by atoms with Gasteiger partial charge in [-0.15, -0.1) is 6.58 Å². The first-order chi connectivity index (χ1) is 16.5. The lowest BCUT2D eigenvalue weighted by Crippen LogP contribution is -2.40. The Bertz CT molecular complexity index is 1450. The van der Waals surface area contributed by atoms with Crippen LogP contribution >= 0.6 is 23.2 Å². The summed E-state index contributed by atoms with van der Waals surface area (Å²) >= 11 is 12.4. The van der Waals surface area contributed by atoms with Gasteiger partial charge in [0.2, 0.25) is 0 Å². The van der Waals surface area contributed by atoms with Crippen molar-refractivity contribution in [3.8, 4) is 11.5 Å². The van der Waals surface area contributed by atoms with Crippen LogP contribution in [0.4, 0.5) is 0 Å². The van der Waals surface area contributed by atoms with Crippen LogP contribution in [0.2, 0.25) is 10.0 Å². The van der Waals surface area contributed by atoms with E-state index in [1.54, 1.807) is 6.07 Å². The van der Waals surface area contributed by atoms with Gasteiger partial charge in [0.1, 0.15) is 11.5 Å². The van der Waals surface area contributed by atoms with Crippen LogP contribution in [0.25, 0.3) is 10.8 Å². The molecule has 6 rings (SSSR count). The normalized spacial score (nSPS) is 18.9. The van der Waals surface area contributed by atoms with Crippen LogP contribution in [-0.4, -0.2) is 17.4 Å². The fourth-order valence-corrected chi connectivity index (χ4v) is 5.18. The minimum atomic E-state index is -0.404. The number of hydrogen-bond donors (Lipinski definition) is 0. The van der Waals surface area contributed by atoms with E-state index in [2.05, 4.69) is 11.5 Å². The van der Waals surface area contributed by atoms with Gasteiger partial charge < -0.3 is 9.47 Å². The highest BCUT2D eigenvalue weighted by Crippen LogP contribution is 2.52. The van der Waals surface area contributed by atoms with Crippen LogP contribution in [0.5, 0.6) is 11.5 Å². The molecule has 0 saturated carbocycles. The molecule has 2 aliphatic rings. The molecule has 0 aliphatic carbocycles. The second kappa shape index (κ2) is 8.17. The standard InChI is InChI=1S/C28H19Cl2NO3/c1-2-14-31-25(16-6-10-18(29)11-7-16)22-15-23-24-20(4-3-5-21(24)28(32)33-23)26(22)34-27(31)17-8-12-19(30)13-9-17/h2-13,15,25,27H,1,14H2/t25-,27+/m0/s1. The van der Waals surface area contributed by atoms with Gasteiger partial charge in [-0.2, -0.15) is 0 Å². The number of fused-ring (bicyclic) bond motifs is 2. The first kappa shape index (κ1) is 21.2. The lowest BCUT2D eigenvalue weighted by atomic mass is 9.90. The van der Waals surface area contributed by atoms with E-state index in [4.69, 9.17) is 32.7 Å². The van der Waals surface area contributed by atoms with Crippen molar-refractivity contribution in [2.24, 2.45) is 0 Å². The van der Waals surface area contributed by atoms with Crippen molar-refractivity contribution in [1.29, 1.82) is 0 Å². The van der Waals surface area contributed by atoms with Crippen molar-refractivity contribution in [1.82, 2.24) is 4.90 Å². The van der Waals surface area contributed by atoms with Gasteiger partial charge >= 0.3 is 5.97 Å². The quantitative estimate of drug-likeness (QED) is 0.171. The first-order valence-electron chi connectivity index (χ1n) is 10.9. The molecule has 4 nitrogen and oxygen atoms in total. The van der Waals surface area contributed by atoms with Crippen LogP contribution in [0.3, 0.4) is 0 Å². The summed E-state index contributed by atoms with van der Waals surface area (Å²) in [6.07, 6.45) is 1.46. The lowest BCUT2D eigenvalue weighted by Gasteiger charge is -2.43. The number of esters is 1.